The molecule has 1 aliphatic carbocycles. The molecule has 3 rings (SSSR count). The van der Waals surface area contributed by atoms with Crippen molar-refractivity contribution >= 4 is 46.4 Å². The summed E-state index contributed by atoms with van der Waals surface area (Å²) in [5.41, 5.74) is 6.44. The maximum Gasteiger partial charge on any atom is 0.246 e. The molecule has 0 spiro atoms. The van der Waals surface area contributed by atoms with Gasteiger partial charge in [-0.1, -0.05) is 47.9 Å². The SMILES string of the molecule is Cl.NC1(C(=O)Nc2nnc(Cc3cccc(Cl)c3)s2)CCCC1. The number of rotatable bonds is 4. The third-order valence-corrected chi connectivity index (χ3v) is 4.95. The van der Waals surface area contributed by atoms with Crippen molar-refractivity contribution < 1.29 is 4.79 Å². The van der Waals surface area contributed by atoms with Crippen molar-refractivity contribution in [3.8, 4) is 0 Å². The molecule has 1 aromatic heterocycles. The van der Waals surface area contributed by atoms with Gasteiger partial charge in [0.15, 0.2) is 0 Å². The molecule has 1 amide bonds. The van der Waals surface area contributed by atoms with E-state index in [4.69, 9.17) is 17.3 Å². The lowest BCUT2D eigenvalue weighted by molar-refractivity contribution is -0.121. The van der Waals surface area contributed by atoms with Crippen LogP contribution < -0.4 is 11.1 Å². The van der Waals surface area contributed by atoms with Crippen molar-refractivity contribution in [3.05, 3.63) is 39.9 Å². The summed E-state index contributed by atoms with van der Waals surface area (Å²) in [5, 5.41) is 13.0. The highest BCUT2D eigenvalue weighted by atomic mass is 35.5. The van der Waals surface area contributed by atoms with Gasteiger partial charge >= 0.3 is 0 Å². The lowest BCUT2D eigenvalue weighted by Crippen LogP contribution is -2.48. The van der Waals surface area contributed by atoms with Crippen LogP contribution in [0.25, 0.3) is 0 Å². The predicted octanol–water partition coefficient (Wildman–Crippen LogP) is 3.41. The van der Waals surface area contributed by atoms with E-state index in [1.54, 1.807) is 0 Å². The minimum absolute atomic E-state index is 0. The molecule has 5 nitrogen and oxygen atoms in total. The summed E-state index contributed by atoms with van der Waals surface area (Å²) in [5.74, 6) is -0.157. The van der Waals surface area contributed by atoms with Crippen LogP contribution in [0.5, 0.6) is 0 Å². The molecule has 8 heteroatoms. The number of hydrogen-bond acceptors (Lipinski definition) is 5. The Labute approximate surface area is 150 Å². The molecule has 2 aromatic rings. The van der Waals surface area contributed by atoms with Gasteiger partial charge in [0.1, 0.15) is 5.01 Å². The van der Waals surface area contributed by atoms with Crippen LogP contribution in [-0.4, -0.2) is 21.6 Å². The predicted molar refractivity (Wildman–Crippen MR) is 95.4 cm³/mol. The molecule has 0 bridgehead atoms. The molecule has 1 aromatic carbocycles. The molecule has 0 saturated heterocycles. The van der Waals surface area contributed by atoms with E-state index in [0.717, 1.165) is 36.3 Å². The maximum atomic E-state index is 12.2. The fourth-order valence-corrected chi connectivity index (χ4v) is 3.63. The van der Waals surface area contributed by atoms with E-state index in [-0.39, 0.29) is 18.3 Å². The number of nitrogens with one attached hydrogen (secondary N) is 1. The number of carbonyl (C=O) groups excluding carboxylic acids is 1. The molecule has 0 unspecified atom stereocenters. The zero-order valence-corrected chi connectivity index (χ0v) is 14.8. The van der Waals surface area contributed by atoms with Crippen molar-refractivity contribution in [2.45, 2.75) is 37.6 Å². The maximum absolute atomic E-state index is 12.2. The zero-order chi connectivity index (χ0) is 15.6. The van der Waals surface area contributed by atoms with Gasteiger partial charge in [0.2, 0.25) is 11.0 Å². The Morgan fingerprint density at radius 2 is 2.09 bits per heavy atom. The van der Waals surface area contributed by atoms with Crippen LogP contribution in [0.1, 0.15) is 36.3 Å². The topological polar surface area (TPSA) is 80.9 Å². The van der Waals surface area contributed by atoms with Crippen LogP contribution in [0.4, 0.5) is 5.13 Å². The van der Waals surface area contributed by atoms with E-state index in [1.165, 1.54) is 11.3 Å². The summed E-state index contributed by atoms with van der Waals surface area (Å²) < 4.78 is 0. The molecule has 124 valence electrons. The standard InChI is InChI=1S/C15H17ClN4OS.ClH/c16-11-5-3-4-10(8-11)9-12-19-20-14(22-12)18-13(21)15(17)6-1-2-7-15;/h3-5,8H,1-2,6-7,9,17H2,(H,18,20,21);1H. The molecular formula is C15H18Cl2N4OS. The highest BCUT2D eigenvalue weighted by molar-refractivity contribution is 7.15. The number of benzene rings is 1. The Hall–Kier alpha value is -1.21. The number of hydrogen-bond donors (Lipinski definition) is 2. The highest BCUT2D eigenvalue weighted by Crippen LogP contribution is 2.29. The van der Waals surface area contributed by atoms with Gasteiger partial charge in [0.25, 0.3) is 0 Å². The molecule has 1 aliphatic rings. The van der Waals surface area contributed by atoms with E-state index in [0.29, 0.717) is 16.6 Å². The van der Waals surface area contributed by atoms with E-state index in [9.17, 15) is 4.79 Å². The minimum atomic E-state index is -0.751. The zero-order valence-electron chi connectivity index (χ0n) is 12.4. The van der Waals surface area contributed by atoms with Gasteiger partial charge in [-0.3, -0.25) is 10.1 Å². The largest absolute Gasteiger partial charge is 0.317 e. The van der Waals surface area contributed by atoms with Crippen molar-refractivity contribution in [2.24, 2.45) is 5.73 Å². The van der Waals surface area contributed by atoms with Gasteiger partial charge in [0, 0.05) is 11.4 Å². The second kappa shape index (κ2) is 7.57. The van der Waals surface area contributed by atoms with Crippen molar-refractivity contribution in [1.29, 1.82) is 0 Å². The molecule has 0 radical (unpaired) electrons. The van der Waals surface area contributed by atoms with Gasteiger partial charge in [-0.15, -0.1) is 22.6 Å². The second-order valence-corrected chi connectivity index (χ2v) is 7.12. The first-order valence-corrected chi connectivity index (χ1v) is 8.42. The van der Waals surface area contributed by atoms with Gasteiger partial charge in [-0.25, -0.2) is 0 Å². The van der Waals surface area contributed by atoms with Crippen molar-refractivity contribution in [1.82, 2.24) is 10.2 Å². The first kappa shape index (κ1) is 18.1. The summed E-state index contributed by atoms with van der Waals surface area (Å²) in [6.07, 6.45) is 4.10. The molecular weight excluding hydrogens is 355 g/mol. The van der Waals surface area contributed by atoms with Gasteiger partial charge < -0.3 is 5.73 Å². The Balaban J connectivity index is 0.00000192. The second-order valence-electron chi connectivity index (χ2n) is 5.63. The van der Waals surface area contributed by atoms with Gasteiger partial charge in [-0.05, 0) is 30.5 Å². The van der Waals surface area contributed by atoms with Crippen LogP contribution >= 0.6 is 35.3 Å². The molecule has 1 fully saturated rings. The van der Waals surface area contributed by atoms with Gasteiger partial charge in [0.05, 0.1) is 5.54 Å². The average Bonchev–Trinajstić information content (AvgIpc) is 3.09. The van der Waals surface area contributed by atoms with Gasteiger partial charge in [-0.2, -0.15) is 0 Å². The van der Waals surface area contributed by atoms with Crippen LogP contribution in [0.2, 0.25) is 5.02 Å². The number of amides is 1. The monoisotopic (exact) mass is 372 g/mol. The fourth-order valence-electron chi connectivity index (χ4n) is 2.65. The molecule has 1 saturated carbocycles. The molecule has 1 heterocycles. The fraction of sp³-hybridized carbons (Fsp3) is 0.400. The Morgan fingerprint density at radius 1 is 1.35 bits per heavy atom. The summed E-state index contributed by atoms with van der Waals surface area (Å²) in [4.78, 5) is 12.2. The smallest absolute Gasteiger partial charge is 0.246 e. The first-order valence-electron chi connectivity index (χ1n) is 7.22. The number of nitrogens with two attached hydrogens (primary N) is 1. The summed E-state index contributed by atoms with van der Waals surface area (Å²) in [7, 11) is 0. The molecule has 3 N–H and O–H groups in total. The van der Waals surface area contributed by atoms with E-state index < -0.39 is 5.54 Å². The lowest BCUT2D eigenvalue weighted by atomic mass is 9.98. The minimum Gasteiger partial charge on any atom is -0.317 e. The van der Waals surface area contributed by atoms with E-state index >= 15 is 0 Å². The van der Waals surface area contributed by atoms with Crippen molar-refractivity contribution in [2.75, 3.05) is 5.32 Å². The molecule has 0 aliphatic heterocycles. The normalized spacial score (nSPS) is 15.9. The van der Waals surface area contributed by atoms with Crippen LogP contribution in [0, 0.1) is 0 Å². The summed E-state index contributed by atoms with van der Waals surface area (Å²) in [6.45, 7) is 0. The average molecular weight is 373 g/mol. The van der Waals surface area contributed by atoms with E-state index in [1.807, 2.05) is 24.3 Å². The first-order chi connectivity index (χ1) is 10.5. The number of anilines is 1. The van der Waals surface area contributed by atoms with E-state index in [2.05, 4.69) is 15.5 Å². The quantitative estimate of drug-likeness (QED) is 0.861. The highest BCUT2D eigenvalue weighted by Gasteiger charge is 2.37. The number of nitrogens with zero attached hydrogens (tertiary/aromatic N) is 2. The van der Waals surface area contributed by atoms with Crippen molar-refractivity contribution in [3.63, 3.8) is 0 Å². The Morgan fingerprint density at radius 3 is 2.78 bits per heavy atom. The van der Waals surface area contributed by atoms with Crippen LogP contribution in [0.15, 0.2) is 24.3 Å². The summed E-state index contributed by atoms with van der Waals surface area (Å²) in [6, 6.07) is 7.62. The Bertz CT molecular complexity index is 686. The third kappa shape index (κ3) is 4.41. The summed E-state index contributed by atoms with van der Waals surface area (Å²) >= 11 is 7.34. The molecule has 23 heavy (non-hydrogen) atoms. The third-order valence-electron chi connectivity index (χ3n) is 3.88. The van der Waals surface area contributed by atoms with Crippen LogP contribution in [0.3, 0.4) is 0 Å². The van der Waals surface area contributed by atoms with Crippen LogP contribution in [-0.2, 0) is 11.2 Å². The Kier molecular flexibility index (Phi) is 5.97. The number of halogens is 2. The number of carbonyl (C=O) groups is 1. The number of aromatic nitrogens is 2. The molecule has 0 atom stereocenters. The lowest BCUT2D eigenvalue weighted by Gasteiger charge is -2.20.